The van der Waals surface area contributed by atoms with Crippen molar-refractivity contribution in [1.82, 2.24) is 9.73 Å². The van der Waals surface area contributed by atoms with Crippen molar-refractivity contribution in [2.45, 2.75) is 39.1 Å². The summed E-state index contributed by atoms with van der Waals surface area (Å²) in [5.74, 6) is -0.496. The largest absolute Gasteiger partial charge is 0.508 e. The Morgan fingerprint density at radius 2 is 1.62 bits per heavy atom. The van der Waals surface area contributed by atoms with Crippen molar-refractivity contribution in [2.75, 3.05) is 6.54 Å². The molecule has 0 heterocycles. The number of carbonyl (C=O) groups is 1. The van der Waals surface area contributed by atoms with Crippen LogP contribution in [0.5, 0.6) is 5.75 Å². The minimum absolute atomic E-state index is 0.0407. The number of nitrogens with one attached hydrogen (secondary N) is 1. The smallest absolute Gasteiger partial charge is 0.255 e. The summed E-state index contributed by atoms with van der Waals surface area (Å²) in [6.07, 6.45) is 1.38. The maximum absolute atomic E-state index is 13.7. The third kappa shape index (κ3) is 6.30. The fourth-order valence-corrected chi connectivity index (χ4v) is 5.60. The van der Waals surface area contributed by atoms with E-state index in [-0.39, 0.29) is 17.2 Å². The Hall–Kier alpha value is -3.49. The van der Waals surface area contributed by atoms with Crippen LogP contribution in [-0.2, 0) is 21.4 Å². The van der Waals surface area contributed by atoms with Gasteiger partial charge in [-0.25, -0.2) is 13.8 Å². The molecule has 0 fully saturated rings. The lowest BCUT2D eigenvalue weighted by Crippen LogP contribution is -2.39. The molecule has 0 unspecified atom stereocenters. The Morgan fingerprint density at radius 3 is 2.24 bits per heavy atom. The summed E-state index contributed by atoms with van der Waals surface area (Å²) < 4.78 is 28.6. The Kier molecular flexibility index (Phi) is 7.86. The number of hydrazone groups is 1. The number of phenols is 1. The molecule has 3 rings (SSSR count). The number of aryl methyl sites for hydroxylation is 4. The fraction of sp³-hybridized carbons (Fsp3) is 0.231. The standard InChI is InChI=1S/C26H29N3O4S/c1-18-8-10-22(11-9-18)16-29(34(32,33)26-20(3)12-19(2)13-21(26)4)17-25(31)28-27-15-23-6-5-7-24(30)14-23/h5-15,30H,16-17H2,1-4H3,(H,28,31). The molecule has 3 aromatic rings. The summed E-state index contributed by atoms with van der Waals surface area (Å²) in [7, 11) is -3.98. The maximum Gasteiger partial charge on any atom is 0.255 e. The van der Waals surface area contributed by atoms with E-state index < -0.39 is 22.5 Å². The quantitative estimate of drug-likeness (QED) is 0.377. The van der Waals surface area contributed by atoms with Crippen LogP contribution in [0, 0.1) is 27.7 Å². The van der Waals surface area contributed by atoms with Gasteiger partial charge in [0.25, 0.3) is 5.91 Å². The predicted molar refractivity (Wildman–Crippen MR) is 133 cm³/mol. The molecule has 0 bridgehead atoms. The molecule has 34 heavy (non-hydrogen) atoms. The second-order valence-electron chi connectivity index (χ2n) is 8.37. The van der Waals surface area contributed by atoms with Gasteiger partial charge in [0.15, 0.2) is 0 Å². The molecule has 0 atom stereocenters. The van der Waals surface area contributed by atoms with E-state index in [9.17, 15) is 18.3 Å². The zero-order chi connectivity index (χ0) is 24.9. The van der Waals surface area contributed by atoms with Crippen LogP contribution in [0.25, 0.3) is 0 Å². The van der Waals surface area contributed by atoms with Gasteiger partial charge in [-0.1, -0.05) is 59.7 Å². The summed E-state index contributed by atoms with van der Waals surface area (Å²) in [5.41, 5.74) is 7.04. The molecular formula is C26H29N3O4S. The van der Waals surface area contributed by atoms with Crippen LogP contribution < -0.4 is 5.43 Å². The predicted octanol–water partition coefficient (Wildman–Crippen LogP) is 3.97. The normalized spacial score (nSPS) is 11.8. The van der Waals surface area contributed by atoms with Gasteiger partial charge >= 0.3 is 0 Å². The molecule has 178 valence electrons. The molecule has 0 aromatic heterocycles. The van der Waals surface area contributed by atoms with Crippen molar-refractivity contribution in [3.63, 3.8) is 0 Å². The number of hydrogen-bond donors (Lipinski definition) is 2. The summed E-state index contributed by atoms with van der Waals surface area (Å²) in [6.45, 7) is 7.03. The molecule has 0 aliphatic heterocycles. The molecule has 1 amide bonds. The number of nitrogens with zero attached hydrogens (tertiary/aromatic N) is 2. The number of aromatic hydroxyl groups is 1. The summed E-state index contributed by atoms with van der Waals surface area (Å²) in [5, 5.41) is 13.4. The fourth-order valence-electron chi connectivity index (χ4n) is 3.81. The van der Waals surface area contributed by atoms with Gasteiger partial charge in [0.1, 0.15) is 5.75 Å². The Morgan fingerprint density at radius 1 is 0.971 bits per heavy atom. The number of rotatable bonds is 8. The van der Waals surface area contributed by atoms with Gasteiger partial charge in [-0.3, -0.25) is 4.79 Å². The lowest BCUT2D eigenvalue weighted by Gasteiger charge is -2.24. The Labute approximate surface area is 200 Å². The van der Waals surface area contributed by atoms with Crippen molar-refractivity contribution >= 4 is 22.1 Å². The van der Waals surface area contributed by atoms with Crippen LogP contribution in [0.3, 0.4) is 0 Å². The molecule has 3 aromatic carbocycles. The number of sulfonamides is 1. The van der Waals surface area contributed by atoms with E-state index in [2.05, 4.69) is 10.5 Å². The molecular weight excluding hydrogens is 450 g/mol. The highest BCUT2D eigenvalue weighted by molar-refractivity contribution is 7.89. The first kappa shape index (κ1) is 25.1. The van der Waals surface area contributed by atoms with Gasteiger partial charge in [-0.05, 0) is 62.1 Å². The number of amides is 1. The molecule has 2 N–H and O–H groups in total. The minimum atomic E-state index is -3.98. The zero-order valence-corrected chi connectivity index (χ0v) is 20.6. The van der Waals surface area contributed by atoms with Crippen LogP contribution in [-0.4, -0.2) is 36.5 Å². The van der Waals surface area contributed by atoms with Crippen LogP contribution in [0.15, 0.2) is 70.7 Å². The van der Waals surface area contributed by atoms with Crippen LogP contribution in [0.2, 0.25) is 0 Å². The molecule has 0 aliphatic rings. The second kappa shape index (κ2) is 10.6. The van der Waals surface area contributed by atoms with E-state index >= 15 is 0 Å². The van der Waals surface area contributed by atoms with Gasteiger partial charge in [0.05, 0.1) is 17.7 Å². The molecule has 0 radical (unpaired) electrons. The first-order valence-corrected chi connectivity index (χ1v) is 12.2. The highest BCUT2D eigenvalue weighted by atomic mass is 32.2. The molecule has 0 aliphatic carbocycles. The summed E-state index contributed by atoms with van der Waals surface area (Å²) >= 11 is 0. The van der Waals surface area contributed by atoms with E-state index in [1.165, 1.54) is 22.7 Å². The third-order valence-electron chi connectivity index (χ3n) is 5.28. The van der Waals surface area contributed by atoms with Gasteiger partial charge < -0.3 is 5.11 Å². The van der Waals surface area contributed by atoms with Crippen molar-refractivity contribution in [3.05, 3.63) is 94.0 Å². The van der Waals surface area contributed by atoms with Crippen LogP contribution in [0.4, 0.5) is 0 Å². The van der Waals surface area contributed by atoms with Crippen molar-refractivity contribution in [2.24, 2.45) is 5.10 Å². The van der Waals surface area contributed by atoms with Crippen LogP contribution in [0.1, 0.15) is 33.4 Å². The van der Waals surface area contributed by atoms with Crippen molar-refractivity contribution in [3.8, 4) is 5.75 Å². The van der Waals surface area contributed by atoms with Gasteiger partial charge in [0, 0.05) is 6.54 Å². The second-order valence-corrected chi connectivity index (χ2v) is 10.2. The maximum atomic E-state index is 13.7. The Balaban J connectivity index is 1.87. The first-order valence-electron chi connectivity index (χ1n) is 10.8. The Bertz CT molecular complexity index is 1290. The summed E-state index contributed by atoms with van der Waals surface area (Å²) in [4.78, 5) is 12.9. The van der Waals surface area contributed by atoms with Gasteiger partial charge in [-0.15, -0.1) is 0 Å². The van der Waals surface area contributed by atoms with Crippen LogP contribution >= 0.6 is 0 Å². The van der Waals surface area contributed by atoms with E-state index in [0.29, 0.717) is 16.7 Å². The van der Waals surface area contributed by atoms with Gasteiger partial charge in [-0.2, -0.15) is 9.41 Å². The average molecular weight is 480 g/mol. The average Bonchev–Trinajstić information content (AvgIpc) is 2.74. The highest BCUT2D eigenvalue weighted by Gasteiger charge is 2.30. The topological polar surface area (TPSA) is 99.1 Å². The minimum Gasteiger partial charge on any atom is -0.508 e. The molecule has 0 spiro atoms. The molecule has 8 heteroatoms. The first-order chi connectivity index (χ1) is 16.1. The number of phenolic OH excluding ortho intramolecular Hbond substituents is 1. The number of benzene rings is 3. The van der Waals surface area contributed by atoms with E-state index in [1.54, 1.807) is 26.0 Å². The highest BCUT2D eigenvalue weighted by Crippen LogP contribution is 2.26. The third-order valence-corrected chi connectivity index (χ3v) is 7.37. The van der Waals surface area contributed by atoms with E-state index in [1.807, 2.05) is 50.2 Å². The molecule has 0 saturated carbocycles. The number of hydrogen-bond acceptors (Lipinski definition) is 5. The zero-order valence-electron chi connectivity index (χ0n) is 19.7. The SMILES string of the molecule is Cc1ccc(CN(CC(=O)NN=Cc2cccc(O)c2)S(=O)(=O)c2c(C)cc(C)cc2C)cc1. The summed E-state index contributed by atoms with van der Waals surface area (Å²) in [6, 6.07) is 17.5. The van der Waals surface area contributed by atoms with Gasteiger partial charge in [0.2, 0.25) is 10.0 Å². The van der Waals surface area contributed by atoms with E-state index in [0.717, 1.165) is 16.7 Å². The van der Waals surface area contributed by atoms with E-state index in [4.69, 9.17) is 0 Å². The molecule has 0 saturated heterocycles. The lowest BCUT2D eigenvalue weighted by molar-refractivity contribution is -0.121. The lowest BCUT2D eigenvalue weighted by atomic mass is 10.1. The monoisotopic (exact) mass is 479 g/mol. The number of carbonyl (C=O) groups excluding carboxylic acids is 1. The molecule has 7 nitrogen and oxygen atoms in total. The van der Waals surface area contributed by atoms with Crippen molar-refractivity contribution < 1.29 is 18.3 Å². The van der Waals surface area contributed by atoms with Crippen molar-refractivity contribution in [1.29, 1.82) is 0 Å².